The van der Waals surface area contributed by atoms with E-state index in [-0.39, 0.29) is 5.91 Å². The molecule has 0 aliphatic carbocycles. The molecule has 2 aromatic carbocycles. The summed E-state index contributed by atoms with van der Waals surface area (Å²) in [5.74, 6) is 0.925. The van der Waals surface area contributed by atoms with Crippen molar-refractivity contribution in [2.24, 2.45) is 0 Å². The first-order chi connectivity index (χ1) is 12.0. The van der Waals surface area contributed by atoms with Crippen molar-refractivity contribution < 1.29 is 23.4 Å². The van der Waals surface area contributed by atoms with Gasteiger partial charge in [-0.1, -0.05) is 12.1 Å². The van der Waals surface area contributed by atoms with Crippen molar-refractivity contribution in [2.75, 3.05) is 14.2 Å². The number of ether oxygens (including phenoxy) is 2. The third-order valence-corrected chi connectivity index (χ3v) is 5.48. The Hall–Kier alpha value is -2.48. The van der Waals surface area contributed by atoms with Crippen LogP contribution in [0.25, 0.3) is 6.08 Å². The number of nitrogens with one attached hydrogen (secondary N) is 1. The number of carbonyl (C=O) groups excluding carboxylic acids is 1. The second-order valence-electron chi connectivity index (χ2n) is 5.49. The number of hydrogen-bond donors (Lipinski definition) is 3. The van der Waals surface area contributed by atoms with Gasteiger partial charge in [0.15, 0.2) is 11.5 Å². The van der Waals surface area contributed by atoms with Gasteiger partial charge in [-0.3, -0.25) is 13.9 Å². The second-order valence-corrected chi connectivity index (χ2v) is 7.38. The number of amides is 1. The van der Waals surface area contributed by atoms with E-state index in [2.05, 4.69) is 5.32 Å². The molecule has 0 bridgehead atoms. The predicted octanol–water partition coefficient (Wildman–Crippen LogP) is 3.73. The third kappa shape index (κ3) is 3.34. The molecule has 0 spiro atoms. The van der Waals surface area contributed by atoms with Gasteiger partial charge in [0, 0.05) is 23.1 Å². The number of methoxy groups -OCH3 is 2. The Morgan fingerprint density at radius 2 is 1.88 bits per heavy atom. The van der Waals surface area contributed by atoms with Crippen LogP contribution in [0.3, 0.4) is 0 Å². The summed E-state index contributed by atoms with van der Waals surface area (Å²) in [7, 11) is 0.180. The highest BCUT2D eigenvalue weighted by atomic mass is 32.3. The number of benzene rings is 2. The van der Waals surface area contributed by atoms with Crippen molar-refractivity contribution in [3.05, 3.63) is 58.5 Å². The van der Waals surface area contributed by atoms with E-state index in [0.717, 1.165) is 5.56 Å². The van der Waals surface area contributed by atoms with Crippen LogP contribution in [0.2, 0.25) is 0 Å². The maximum absolute atomic E-state index is 12.5. The lowest BCUT2D eigenvalue weighted by molar-refractivity contribution is 0.0950. The molecule has 0 saturated heterocycles. The number of carbonyl (C=O) groups is 1. The molecule has 1 aliphatic heterocycles. The predicted molar refractivity (Wildman–Crippen MR) is 97.3 cm³/mol. The fraction of sp³-hybridized carbons (Fsp3) is 0.167. The summed E-state index contributed by atoms with van der Waals surface area (Å²) in [4.78, 5) is 12.9. The zero-order valence-corrected chi connectivity index (χ0v) is 14.7. The van der Waals surface area contributed by atoms with Gasteiger partial charge in [-0.2, -0.15) is 0 Å². The van der Waals surface area contributed by atoms with Gasteiger partial charge in [-0.25, -0.2) is 0 Å². The maximum atomic E-state index is 12.5. The van der Waals surface area contributed by atoms with Crippen LogP contribution in [0.1, 0.15) is 21.5 Å². The van der Waals surface area contributed by atoms with Crippen LogP contribution < -0.4 is 14.8 Å². The number of hydrogen-bond acceptors (Lipinski definition) is 5. The van der Waals surface area contributed by atoms with Crippen molar-refractivity contribution in [3.63, 3.8) is 0 Å². The van der Waals surface area contributed by atoms with Gasteiger partial charge in [0.2, 0.25) is 0 Å². The molecule has 7 heteroatoms. The van der Waals surface area contributed by atoms with E-state index in [4.69, 9.17) is 9.47 Å². The Labute approximate surface area is 147 Å². The monoisotopic (exact) mass is 361 g/mol. The lowest BCUT2D eigenvalue weighted by Crippen LogP contribution is -2.23. The minimum absolute atomic E-state index is 0.284. The van der Waals surface area contributed by atoms with Gasteiger partial charge in [-0.15, -0.1) is 10.6 Å². The molecule has 2 aromatic rings. The van der Waals surface area contributed by atoms with Crippen LogP contribution in [-0.2, 0) is 6.54 Å². The molecule has 1 heterocycles. The third-order valence-electron chi connectivity index (χ3n) is 3.96. The van der Waals surface area contributed by atoms with Crippen LogP contribution in [0, 0.1) is 0 Å². The van der Waals surface area contributed by atoms with Gasteiger partial charge in [0.05, 0.1) is 19.1 Å². The Morgan fingerprint density at radius 1 is 1.12 bits per heavy atom. The molecule has 3 rings (SSSR count). The highest BCUT2D eigenvalue weighted by Gasteiger charge is 2.25. The SMILES string of the molecule is COc1ccc(CNC(=O)c2cccc3c2C=CS3(O)O)cc1OC. The highest BCUT2D eigenvalue weighted by Crippen LogP contribution is 2.56. The molecule has 3 N–H and O–H groups in total. The molecule has 1 amide bonds. The van der Waals surface area contributed by atoms with Crippen molar-refractivity contribution in [2.45, 2.75) is 11.4 Å². The molecule has 25 heavy (non-hydrogen) atoms. The maximum Gasteiger partial charge on any atom is 0.252 e. The molecular weight excluding hydrogens is 342 g/mol. The molecule has 0 radical (unpaired) electrons. The summed E-state index contributed by atoms with van der Waals surface area (Å²) >= 11 is 0. The summed E-state index contributed by atoms with van der Waals surface area (Å²) in [6, 6.07) is 10.3. The van der Waals surface area contributed by atoms with E-state index in [1.54, 1.807) is 50.6 Å². The molecular formula is C18H19NO5S. The van der Waals surface area contributed by atoms with E-state index in [1.165, 1.54) is 5.41 Å². The number of fused-ring (bicyclic) bond motifs is 1. The normalized spacial score (nSPS) is 15.4. The Morgan fingerprint density at radius 3 is 2.60 bits per heavy atom. The first kappa shape index (κ1) is 17.3. The molecule has 0 atom stereocenters. The molecule has 6 nitrogen and oxygen atoms in total. The molecule has 0 fully saturated rings. The minimum Gasteiger partial charge on any atom is -0.493 e. The van der Waals surface area contributed by atoms with Crippen LogP contribution >= 0.6 is 10.6 Å². The van der Waals surface area contributed by atoms with Gasteiger partial charge < -0.3 is 14.8 Å². The number of rotatable bonds is 5. The zero-order chi connectivity index (χ0) is 18.0. The van der Waals surface area contributed by atoms with Crippen molar-refractivity contribution >= 4 is 22.6 Å². The summed E-state index contributed by atoms with van der Waals surface area (Å²) in [5.41, 5.74) is 1.82. The lowest BCUT2D eigenvalue weighted by Gasteiger charge is -2.25. The topological polar surface area (TPSA) is 88.0 Å². The second kappa shape index (κ2) is 6.79. The van der Waals surface area contributed by atoms with E-state index < -0.39 is 10.6 Å². The summed E-state index contributed by atoms with van der Waals surface area (Å²) in [6.07, 6.45) is 1.58. The van der Waals surface area contributed by atoms with Crippen LogP contribution in [0.15, 0.2) is 46.7 Å². The van der Waals surface area contributed by atoms with E-state index in [0.29, 0.717) is 34.1 Å². The zero-order valence-electron chi connectivity index (χ0n) is 13.9. The fourth-order valence-electron chi connectivity index (χ4n) is 2.68. The van der Waals surface area contributed by atoms with Crippen LogP contribution in [0.5, 0.6) is 11.5 Å². The largest absolute Gasteiger partial charge is 0.493 e. The van der Waals surface area contributed by atoms with Gasteiger partial charge in [0.25, 0.3) is 5.91 Å². The van der Waals surface area contributed by atoms with Gasteiger partial charge >= 0.3 is 0 Å². The average molecular weight is 361 g/mol. The molecule has 0 aromatic heterocycles. The first-order valence-corrected chi connectivity index (χ1v) is 9.15. The Bertz CT molecular complexity index is 847. The summed E-state index contributed by atoms with van der Waals surface area (Å²) in [5, 5.41) is 4.17. The quantitative estimate of drug-likeness (QED) is 0.755. The summed E-state index contributed by atoms with van der Waals surface area (Å²) < 4.78 is 30.4. The van der Waals surface area contributed by atoms with Crippen molar-refractivity contribution in [1.29, 1.82) is 0 Å². The van der Waals surface area contributed by atoms with Crippen molar-refractivity contribution in [1.82, 2.24) is 5.32 Å². The van der Waals surface area contributed by atoms with Crippen molar-refractivity contribution in [3.8, 4) is 11.5 Å². The summed E-state index contributed by atoms with van der Waals surface area (Å²) in [6.45, 7) is 0.308. The molecule has 132 valence electrons. The first-order valence-electron chi connectivity index (χ1n) is 7.55. The van der Waals surface area contributed by atoms with Gasteiger partial charge in [0.1, 0.15) is 0 Å². The Balaban J connectivity index is 1.77. The molecule has 0 saturated carbocycles. The molecule has 0 unspecified atom stereocenters. The minimum atomic E-state index is -2.94. The van der Waals surface area contributed by atoms with Crippen LogP contribution in [-0.4, -0.2) is 29.2 Å². The van der Waals surface area contributed by atoms with E-state index in [9.17, 15) is 13.9 Å². The van der Waals surface area contributed by atoms with Crippen LogP contribution in [0.4, 0.5) is 0 Å². The fourth-order valence-corrected chi connectivity index (χ4v) is 3.93. The smallest absolute Gasteiger partial charge is 0.252 e. The lowest BCUT2D eigenvalue weighted by atomic mass is 10.1. The van der Waals surface area contributed by atoms with E-state index in [1.807, 2.05) is 6.07 Å². The molecule has 1 aliphatic rings. The average Bonchev–Trinajstić information content (AvgIpc) is 2.94. The van der Waals surface area contributed by atoms with Gasteiger partial charge in [-0.05, 0) is 35.9 Å². The highest BCUT2D eigenvalue weighted by molar-refractivity contribution is 8.27. The Kier molecular flexibility index (Phi) is 4.71. The standard InChI is InChI=1S/C18H19NO5S/c1-23-15-7-6-12(10-16(15)24-2)11-19-18(20)14-4-3-5-17-13(14)8-9-25(17,21)22/h3-10,21-22H,11H2,1-2H3,(H,19,20). The van der Waals surface area contributed by atoms with E-state index >= 15 is 0 Å².